The normalized spacial score (nSPS) is 18.5. The van der Waals surface area contributed by atoms with Crippen LogP contribution in [-0.4, -0.2) is 18.2 Å². The summed E-state index contributed by atoms with van der Waals surface area (Å²) in [7, 11) is 0. The molecule has 0 radical (unpaired) electrons. The number of carbonyl (C=O) groups excluding carboxylic acids is 2. The van der Waals surface area contributed by atoms with E-state index < -0.39 is 0 Å². The first-order valence-corrected chi connectivity index (χ1v) is 5.76. The molecule has 1 aromatic carbocycles. The SMILES string of the molecule is CC(=O)/C=C1\CCCN(c2ccccc2)C1=O. The predicted octanol–water partition coefficient (Wildman–Crippen LogP) is 2.33. The van der Waals surface area contributed by atoms with Crippen molar-refractivity contribution in [1.82, 2.24) is 0 Å². The van der Waals surface area contributed by atoms with Crippen LogP contribution in [0.5, 0.6) is 0 Å². The van der Waals surface area contributed by atoms with Crippen LogP contribution in [0, 0.1) is 0 Å². The first kappa shape index (κ1) is 11.6. The van der Waals surface area contributed by atoms with E-state index in [1.165, 1.54) is 13.0 Å². The molecule has 1 fully saturated rings. The third kappa shape index (κ3) is 2.61. The molecule has 1 heterocycles. The van der Waals surface area contributed by atoms with Crippen LogP contribution >= 0.6 is 0 Å². The van der Waals surface area contributed by atoms with Crippen LogP contribution < -0.4 is 4.90 Å². The van der Waals surface area contributed by atoms with Crippen LogP contribution in [0.25, 0.3) is 0 Å². The fourth-order valence-corrected chi connectivity index (χ4v) is 2.04. The Morgan fingerprint density at radius 1 is 1.29 bits per heavy atom. The molecule has 1 aliphatic rings. The molecule has 0 aliphatic carbocycles. The minimum atomic E-state index is -0.0664. The third-order valence-corrected chi connectivity index (χ3v) is 2.79. The van der Waals surface area contributed by atoms with Crippen molar-refractivity contribution in [3.8, 4) is 0 Å². The molecule has 0 saturated carbocycles. The van der Waals surface area contributed by atoms with E-state index in [0.717, 1.165) is 18.7 Å². The van der Waals surface area contributed by atoms with Crippen LogP contribution in [0.3, 0.4) is 0 Å². The maximum absolute atomic E-state index is 12.2. The molecular weight excluding hydrogens is 214 g/mol. The highest BCUT2D eigenvalue weighted by molar-refractivity contribution is 6.09. The Morgan fingerprint density at radius 2 is 2.00 bits per heavy atom. The molecule has 1 saturated heterocycles. The van der Waals surface area contributed by atoms with Gasteiger partial charge in [-0.2, -0.15) is 0 Å². The fraction of sp³-hybridized carbons (Fsp3) is 0.286. The molecule has 1 amide bonds. The van der Waals surface area contributed by atoms with Crippen molar-refractivity contribution in [2.45, 2.75) is 19.8 Å². The molecule has 3 heteroatoms. The van der Waals surface area contributed by atoms with Gasteiger partial charge in [0.2, 0.25) is 0 Å². The number of allylic oxidation sites excluding steroid dienone is 1. The van der Waals surface area contributed by atoms with Crippen molar-refractivity contribution in [2.75, 3.05) is 11.4 Å². The second-order valence-corrected chi connectivity index (χ2v) is 4.18. The van der Waals surface area contributed by atoms with Gasteiger partial charge in [-0.05, 0) is 38.0 Å². The molecule has 0 bridgehead atoms. The average Bonchev–Trinajstić information content (AvgIpc) is 2.32. The van der Waals surface area contributed by atoms with Gasteiger partial charge in [0.15, 0.2) is 5.78 Å². The van der Waals surface area contributed by atoms with Gasteiger partial charge in [0.05, 0.1) is 0 Å². The van der Waals surface area contributed by atoms with E-state index in [1.807, 2.05) is 30.3 Å². The number of benzene rings is 1. The molecule has 0 N–H and O–H groups in total. The summed E-state index contributed by atoms with van der Waals surface area (Å²) in [6.07, 6.45) is 3.05. The van der Waals surface area contributed by atoms with Gasteiger partial charge in [0.25, 0.3) is 5.91 Å². The van der Waals surface area contributed by atoms with Crippen molar-refractivity contribution < 1.29 is 9.59 Å². The molecule has 1 aromatic rings. The maximum Gasteiger partial charge on any atom is 0.254 e. The number of hydrogen-bond donors (Lipinski definition) is 0. The van der Waals surface area contributed by atoms with Gasteiger partial charge in [-0.25, -0.2) is 0 Å². The summed E-state index contributed by atoms with van der Waals surface area (Å²) in [4.78, 5) is 25.0. The van der Waals surface area contributed by atoms with Crippen LogP contribution in [-0.2, 0) is 9.59 Å². The monoisotopic (exact) mass is 229 g/mol. The van der Waals surface area contributed by atoms with Gasteiger partial charge in [0, 0.05) is 17.8 Å². The molecule has 0 aromatic heterocycles. The van der Waals surface area contributed by atoms with E-state index in [-0.39, 0.29) is 11.7 Å². The lowest BCUT2D eigenvalue weighted by Gasteiger charge is -2.28. The van der Waals surface area contributed by atoms with E-state index in [9.17, 15) is 9.59 Å². The van der Waals surface area contributed by atoms with Crippen molar-refractivity contribution in [2.24, 2.45) is 0 Å². The van der Waals surface area contributed by atoms with Gasteiger partial charge in [-0.3, -0.25) is 9.59 Å². The molecule has 3 nitrogen and oxygen atoms in total. The second kappa shape index (κ2) is 4.95. The largest absolute Gasteiger partial charge is 0.309 e. The molecule has 17 heavy (non-hydrogen) atoms. The zero-order valence-electron chi connectivity index (χ0n) is 9.85. The quantitative estimate of drug-likeness (QED) is 0.730. The smallest absolute Gasteiger partial charge is 0.254 e. The highest BCUT2D eigenvalue weighted by Gasteiger charge is 2.24. The zero-order valence-corrected chi connectivity index (χ0v) is 9.85. The summed E-state index contributed by atoms with van der Waals surface area (Å²) >= 11 is 0. The highest BCUT2D eigenvalue weighted by atomic mass is 16.2. The minimum Gasteiger partial charge on any atom is -0.309 e. The summed E-state index contributed by atoms with van der Waals surface area (Å²) in [6, 6.07) is 9.56. The molecule has 88 valence electrons. The number of ketones is 1. The van der Waals surface area contributed by atoms with Crippen LogP contribution in [0.1, 0.15) is 19.8 Å². The second-order valence-electron chi connectivity index (χ2n) is 4.18. The van der Waals surface area contributed by atoms with E-state index in [0.29, 0.717) is 12.0 Å². The Hall–Kier alpha value is -1.90. The molecule has 1 aliphatic heterocycles. The van der Waals surface area contributed by atoms with Crippen LogP contribution in [0.2, 0.25) is 0 Å². The minimum absolute atomic E-state index is 0.0438. The van der Waals surface area contributed by atoms with Crippen LogP contribution in [0.15, 0.2) is 42.0 Å². The van der Waals surface area contributed by atoms with Crippen molar-refractivity contribution in [1.29, 1.82) is 0 Å². The van der Waals surface area contributed by atoms with Crippen molar-refractivity contribution in [3.63, 3.8) is 0 Å². The number of piperidine rings is 1. The third-order valence-electron chi connectivity index (χ3n) is 2.79. The lowest BCUT2D eigenvalue weighted by atomic mass is 10.0. The van der Waals surface area contributed by atoms with Gasteiger partial charge >= 0.3 is 0 Å². The van der Waals surface area contributed by atoms with Gasteiger partial charge in [-0.1, -0.05) is 18.2 Å². The number of carbonyl (C=O) groups is 2. The van der Waals surface area contributed by atoms with Crippen molar-refractivity contribution >= 4 is 17.4 Å². The number of amides is 1. The lowest BCUT2D eigenvalue weighted by molar-refractivity contribution is -0.117. The summed E-state index contributed by atoms with van der Waals surface area (Å²) in [5, 5.41) is 0. The lowest BCUT2D eigenvalue weighted by Crippen LogP contribution is -2.37. The van der Waals surface area contributed by atoms with Crippen molar-refractivity contribution in [3.05, 3.63) is 42.0 Å². The van der Waals surface area contributed by atoms with E-state index >= 15 is 0 Å². The molecule has 2 rings (SSSR count). The number of hydrogen-bond acceptors (Lipinski definition) is 2. The summed E-state index contributed by atoms with van der Waals surface area (Å²) in [6.45, 7) is 2.19. The topological polar surface area (TPSA) is 37.4 Å². The zero-order chi connectivity index (χ0) is 12.3. The van der Waals surface area contributed by atoms with Gasteiger partial charge < -0.3 is 4.90 Å². The fourth-order valence-electron chi connectivity index (χ4n) is 2.04. The Kier molecular flexibility index (Phi) is 3.38. The van der Waals surface area contributed by atoms with Gasteiger partial charge in [-0.15, -0.1) is 0 Å². The Bertz CT molecular complexity index is 462. The number of anilines is 1. The first-order chi connectivity index (χ1) is 8.18. The average molecular weight is 229 g/mol. The first-order valence-electron chi connectivity index (χ1n) is 5.76. The molecule has 0 atom stereocenters. The van der Waals surface area contributed by atoms with E-state index in [4.69, 9.17) is 0 Å². The Morgan fingerprint density at radius 3 is 2.65 bits per heavy atom. The van der Waals surface area contributed by atoms with E-state index in [1.54, 1.807) is 4.90 Å². The molecule has 0 unspecified atom stereocenters. The highest BCUT2D eigenvalue weighted by Crippen LogP contribution is 2.23. The van der Waals surface area contributed by atoms with E-state index in [2.05, 4.69) is 0 Å². The molecule has 0 spiro atoms. The Labute approximate surface area is 101 Å². The number of nitrogens with zero attached hydrogens (tertiary/aromatic N) is 1. The number of rotatable bonds is 2. The predicted molar refractivity (Wildman–Crippen MR) is 66.8 cm³/mol. The summed E-state index contributed by atoms with van der Waals surface area (Å²) in [5.74, 6) is -0.110. The maximum atomic E-state index is 12.2. The van der Waals surface area contributed by atoms with Crippen LogP contribution in [0.4, 0.5) is 5.69 Å². The summed E-state index contributed by atoms with van der Waals surface area (Å²) in [5.41, 5.74) is 1.51. The number of para-hydroxylation sites is 1. The summed E-state index contributed by atoms with van der Waals surface area (Å²) < 4.78 is 0. The Balaban J connectivity index is 2.26. The molecular formula is C14H15NO2. The standard InChI is InChI=1S/C14H15NO2/c1-11(16)10-12-6-5-9-15(14(12)17)13-7-3-2-4-8-13/h2-4,7-8,10H,5-6,9H2,1H3/b12-10+. The van der Waals surface area contributed by atoms with Gasteiger partial charge in [0.1, 0.15) is 0 Å².